The summed E-state index contributed by atoms with van der Waals surface area (Å²) in [7, 11) is 0. The summed E-state index contributed by atoms with van der Waals surface area (Å²) in [4.78, 5) is 8.91. The Hall–Kier alpha value is -3.02. The Morgan fingerprint density at radius 2 is 0.685 bits per heavy atom. The van der Waals surface area contributed by atoms with Crippen LogP contribution in [-0.2, 0) is 0 Å². The molecule has 0 heterocycles. The van der Waals surface area contributed by atoms with Crippen molar-refractivity contribution >= 4 is 12.4 Å². The summed E-state index contributed by atoms with van der Waals surface area (Å²) < 4.78 is 11.8. The van der Waals surface area contributed by atoms with E-state index in [9.17, 15) is 10.2 Å². The van der Waals surface area contributed by atoms with Crippen molar-refractivity contribution in [1.82, 2.24) is 0 Å². The Bertz CT molecular complexity index is 1120. The average molecular weight is 749 g/mol. The van der Waals surface area contributed by atoms with Crippen LogP contribution in [-0.4, -0.2) is 48.9 Å². The standard InChI is InChI=1S/C48H80N2O4/c1-3-5-7-9-11-13-15-17-19-21-23-25-27-29-39-53-45-35-31-33-43(47(45)51)41-49-37-38-50-42-44-34-32-36-46(48(44)52)54-40-30-28-26-24-22-20-18-16-14-12-10-8-6-4-2/h31-36,41-42,51-52H,3-30,37-40H2,1-2H3. The van der Waals surface area contributed by atoms with Gasteiger partial charge in [-0.15, -0.1) is 0 Å². The number of phenols is 2. The molecule has 0 bridgehead atoms. The maximum atomic E-state index is 10.7. The van der Waals surface area contributed by atoms with E-state index < -0.39 is 0 Å². The van der Waals surface area contributed by atoms with E-state index in [4.69, 9.17) is 9.47 Å². The monoisotopic (exact) mass is 749 g/mol. The van der Waals surface area contributed by atoms with Crippen LogP contribution in [0, 0.1) is 0 Å². The van der Waals surface area contributed by atoms with Crippen LogP contribution in [0.3, 0.4) is 0 Å². The normalized spacial score (nSPS) is 11.7. The van der Waals surface area contributed by atoms with Gasteiger partial charge >= 0.3 is 0 Å². The molecule has 2 aromatic rings. The molecule has 0 spiro atoms. The second kappa shape index (κ2) is 34.5. The van der Waals surface area contributed by atoms with Crippen molar-refractivity contribution in [3.8, 4) is 23.0 Å². The highest BCUT2D eigenvalue weighted by Gasteiger charge is 2.08. The van der Waals surface area contributed by atoms with Gasteiger partial charge in [-0.3, -0.25) is 9.98 Å². The summed E-state index contributed by atoms with van der Waals surface area (Å²) in [5.41, 5.74) is 1.28. The molecule has 0 radical (unpaired) electrons. The molecular weight excluding hydrogens is 669 g/mol. The van der Waals surface area contributed by atoms with E-state index in [0.717, 1.165) is 25.7 Å². The molecule has 2 N–H and O–H groups in total. The molecule has 306 valence electrons. The number of nitrogens with zero attached hydrogens (tertiary/aromatic N) is 2. The minimum atomic E-state index is 0.130. The minimum absolute atomic E-state index is 0.130. The molecule has 0 aliphatic rings. The molecule has 0 saturated heterocycles. The molecule has 0 unspecified atom stereocenters. The molecule has 54 heavy (non-hydrogen) atoms. The number of benzene rings is 2. The third kappa shape index (κ3) is 24.4. The van der Waals surface area contributed by atoms with Crippen LogP contribution in [0.5, 0.6) is 23.0 Å². The zero-order valence-electron chi connectivity index (χ0n) is 34.9. The molecule has 2 aromatic carbocycles. The number of hydrogen-bond donors (Lipinski definition) is 2. The Kier molecular flexibility index (Phi) is 30.1. The fraction of sp³-hybridized carbons (Fsp3) is 0.708. The van der Waals surface area contributed by atoms with Gasteiger partial charge in [0.2, 0.25) is 0 Å². The van der Waals surface area contributed by atoms with E-state index in [2.05, 4.69) is 23.8 Å². The summed E-state index contributed by atoms with van der Waals surface area (Å²) in [5, 5.41) is 21.4. The van der Waals surface area contributed by atoms with Crippen LogP contribution < -0.4 is 9.47 Å². The molecule has 0 aromatic heterocycles. The summed E-state index contributed by atoms with van der Waals surface area (Å²) >= 11 is 0. The smallest absolute Gasteiger partial charge is 0.166 e. The molecule has 2 rings (SSSR count). The van der Waals surface area contributed by atoms with E-state index >= 15 is 0 Å². The molecule has 0 atom stereocenters. The predicted octanol–water partition coefficient (Wildman–Crippen LogP) is 14.4. The van der Waals surface area contributed by atoms with Crippen molar-refractivity contribution in [2.75, 3.05) is 26.3 Å². The Morgan fingerprint density at radius 3 is 0.981 bits per heavy atom. The van der Waals surface area contributed by atoms with Gasteiger partial charge in [-0.05, 0) is 37.1 Å². The fourth-order valence-electron chi connectivity index (χ4n) is 6.92. The lowest BCUT2D eigenvalue weighted by Crippen LogP contribution is -1.99. The number of para-hydroxylation sites is 2. The first-order valence-corrected chi connectivity index (χ1v) is 22.6. The first-order valence-electron chi connectivity index (χ1n) is 22.6. The number of rotatable bonds is 37. The van der Waals surface area contributed by atoms with Gasteiger partial charge < -0.3 is 19.7 Å². The molecule has 6 heteroatoms. The van der Waals surface area contributed by atoms with Gasteiger partial charge in [0.15, 0.2) is 23.0 Å². The first-order chi connectivity index (χ1) is 26.7. The molecule has 0 aliphatic carbocycles. The van der Waals surface area contributed by atoms with Crippen LogP contribution in [0.1, 0.15) is 205 Å². The van der Waals surface area contributed by atoms with Crippen LogP contribution >= 0.6 is 0 Å². The van der Waals surface area contributed by atoms with E-state index in [1.807, 2.05) is 36.4 Å². The van der Waals surface area contributed by atoms with Crippen LogP contribution in [0.4, 0.5) is 0 Å². The molecule has 0 saturated carbocycles. The molecule has 0 amide bonds. The van der Waals surface area contributed by atoms with E-state index in [1.54, 1.807) is 12.4 Å². The fourth-order valence-corrected chi connectivity index (χ4v) is 6.92. The third-order valence-corrected chi connectivity index (χ3v) is 10.4. The zero-order valence-corrected chi connectivity index (χ0v) is 34.9. The maximum Gasteiger partial charge on any atom is 0.166 e. The van der Waals surface area contributed by atoms with Crippen molar-refractivity contribution in [2.24, 2.45) is 9.98 Å². The van der Waals surface area contributed by atoms with Crippen molar-refractivity contribution in [1.29, 1.82) is 0 Å². The Morgan fingerprint density at radius 1 is 0.407 bits per heavy atom. The highest BCUT2D eigenvalue weighted by molar-refractivity contribution is 5.85. The molecule has 0 aliphatic heterocycles. The van der Waals surface area contributed by atoms with Crippen molar-refractivity contribution in [3.05, 3.63) is 47.5 Å². The Balaban J connectivity index is 1.52. The zero-order chi connectivity index (χ0) is 38.6. The predicted molar refractivity (Wildman–Crippen MR) is 233 cm³/mol. The van der Waals surface area contributed by atoms with E-state index in [-0.39, 0.29) is 11.5 Å². The third-order valence-electron chi connectivity index (χ3n) is 10.4. The van der Waals surface area contributed by atoms with Gasteiger partial charge in [0.25, 0.3) is 0 Å². The van der Waals surface area contributed by atoms with Gasteiger partial charge in [0.1, 0.15) is 0 Å². The highest BCUT2D eigenvalue weighted by atomic mass is 16.5. The lowest BCUT2D eigenvalue weighted by Gasteiger charge is -2.10. The number of aromatic hydroxyl groups is 2. The van der Waals surface area contributed by atoms with Crippen molar-refractivity contribution in [3.63, 3.8) is 0 Å². The van der Waals surface area contributed by atoms with Crippen LogP contribution in [0.25, 0.3) is 0 Å². The number of unbranched alkanes of at least 4 members (excludes halogenated alkanes) is 26. The quantitative estimate of drug-likeness (QED) is 0.0532. The van der Waals surface area contributed by atoms with Crippen LogP contribution in [0.2, 0.25) is 0 Å². The Labute approximate surface area is 331 Å². The number of hydrogen-bond acceptors (Lipinski definition) is 6. The second-order valence-electron chi connectivity index (χ2n) is 15.3. The largest absolute Gasteiger partial charge is 0.504 e. The van der Waals surface area contributed by atoms with Crippen LogP contribution in [0.15, 0.2) is 46.4 Å². The van der Waals surface area contributed by atoms with Gasteiger partial charge in [-0.25, -0.2) is 0 Å². The lowest BCUT2D eigenvalue weighted by molar-refractivity contribution is 0.288. The summed E-state index contributed by atoms with van der Waals surface area (Å²) in [6, 6.07) is 11.1. The van der Waals surface area contributed by atoms with Crippen molar-refractivity contribution < 1.29 is 19.7 Å². The average Bonchev–Trinajstić information content (AvgIpc) is 3.18. The second-order valence-corrected chi connectivity index (χ2v) is 15.3. The summed E-state index contributed by atoms with van der Waals surface area (Å²) in [6.07, 6.45) is 40.5. The SMILES string of the molecule is CCCCCCCCCCCCCCCCOc1cccc(C=NCCN=Cc2cccc(OCCCCCCCCCCCCCCCC)c2O)c1O. The molecular formula is C48H80N2O4. The number of ether oxygens (including phenoxy) is 2. The number of phenolic OH excluding ortho intramolecular Hbond substituents is 2. The maximum absolute atomic E-state index is 10.7. The molecule has 6 nitrogen and oxygen atoms in total. The van der Waals surface area contributed by atoms with Crippen molar-refractivity contribution in [2.45, 2.75) is 194 Å². The van der Waals surface area contributed by atoms with E-state index in [0.29, 0.717) is 48.9 Å². The molecule has 0 fully saturated rings. The highest BCUT2D eigenvalue weighted by Crippen LogP contribution is 2.30. The van der Waals surface area contributed by atoms with Gasteiger partial charge in [-0.2, -0.15) is 0 Å². The lowest BCUT2D eigenvalue weighted by atomic mass is 10.0. The van der Waals surface area contributed by atoms with Gasteiger partial charge in [0.05, 0.1) is 26.3 Å². The van der Waals surface area contributed by atoms with Gasteiger partial charge in [-0.1, -0.05) is 193 Å². The summed E-state index contributed by atoms with van der Waals surface area (Å²) in [5.74, 6) is 1.28. The summed E-state index contributed by atoms with van der Waals surface area (Å²) in [6.45, 7) is 6.71. The topological polar surface area (TPSA) is 83.6 Å². The number of aliphatic imine (C=N–C) groups is 2. The van der Waals surface area contributed by atoms with E-state index in [1.165, 1.54) is 154 Å². The van der Waals surface area contributed by atoms with Gasteiger partial charge in [0, 0.05) is 23.6 Å². The first kappa shape index (κ1) is 47.1. The minimum Gasteiger partial charge on any atom is -0.504 e.